The van der Waals surface area contributed by atoms with Crippen molar-refractivity contribution in [2.75, 3.05) is 50.0 Å². The maximum atomic E-state index is 12.9. The summed E-state index contributed by atoms with van der Waals surface area (Å²) < 4.78 is 27.3. The van der Waals surface area contributed by atoms with Crippen molar-refractivity contribution in [3.8, 4) is 0 Å². The molecule has 0 aliphatic carbocycles. The maximum absolute atomic E-state index is 12.9. The lowest BCUT2D eigenvalue weighted by atomic mass is 10.1. The third-order valence-electron chi connectivity index (χ3n) is 5.19. The Morgan fingerprint density at radius 3 is 2.62 bits per heavy atom. The first-order chi connectivity index (χ1) is 11.5. The number of nitrogens with one attached hydrogen (secondary N) is 1. The van der Waals surface area contributed by atoms with Crippen LogP contribution < -0.4 is 10.2 Å². The number of benzene rings is 1. The summed E-state index contributed by atoms with van der Waals surface area (Å²) in [7, 11) is -1.53. The summed E-state index contributed by atoms with van der Waals surface area (Å²) >= 11 is 0. The number of anilines is 2. The van der Waals surface area contributed by atoms with Gasteiger partial charge in [0, 0.05) is 32.7 Å². The third kappa shape index (κ3) is 2.49. The fraction of sp³-hybridized carbons (Fsp3) is 0.562. The van der Waals surface area contributed by atoms with Crippen LogP contribution >= 0.6 is 0 Å². The number of carbonyl (C=O) groups excluding carboxylic acids is 1. The lowest BCUT2D eigenvalue weighted by Crippen LogP contribution is -2.47. The number of sulfonamides is 1. The first kappa shape index (κ1) is 15.9. The molecule has 3 aliphatic heterocycles. The third-order valence-corrected chi connectivity index (χ3v) is 7.09. The lowest BCUT2D eigenvalue weighted by Gasteiger charge is -2.34. The molecule has 4 rings (SSSR count). The van der Waals surface area contributed by atoms with Gasteiger partial charge in [-0.3, -0.25) is 4.79 Å². The molecule has 7 nitrogen and oxygen atoms in total. The van der Waals surface area contributed by atoms with Crippen molar-refractivity contribution < 1.29 is 13.2 Å². The van der Waals surface area contributed by atoms with Crippen LogP contribution in [0.2, 0.25) is 0 Å². The molecule has 0 unspecified atom stereocenters. The molecule has 2 saturated heterocycles. The van der Waals surface area contributed by atoms with Gasteiger partial charge in [0.1, 0.15) is 6.04 Å². The van der Waals surface area contributed by atoms with Gasteiger partial charge in [-0.2, -0.15) is 4.31 Å². The first-order valence-electron chi connectivity index (χ1n) is 8.37. The smallest absolute Gasteiger partial charge is 0.247 e. The highest BCUT2D eigenvalue weighted by molar-refractivity contribution is 7.89. The zero-order chi connectivity index (χ0) is 16.9. The van der Waals surface area contributed by atoms with Crippen LogP contribution in [0.3, 0.4) is 0 Å². The normalized spacial score (nSPS) is 25.3. The minimum Gasteiger partial charge on any atom is -0.358 e. The van der Waals surface area contributed by atoms with E-state index in [-0.39, 0.29) is 16.8 Å². The molecule has 1 N–H and O–H groups in total. The summed E-state index contributed by atoms with van der Waals surface area (Å²) in [5.41, 5.74) is 1.53. The van der Waals surface area contributed by atoms with Crippen molar-refractivity contribution in [2.24, 2.45) is 0 Å². The number of carbonyl (C=O) groups is 1. The van der Waals surface area contributed by atoms with Crippen LogP contribution in [-0.4, -0.2) is 69.3 Å². The number of piperazine rings is 1. The Morgan fingerprint density at radius 2 is 1.88 bits per heavy atom. The van der Waals surface area contributed by atoms with Gasteiger partial charge < -0.3 is 15.1 Å². The summed E-state index contributed by atoms with van der Waals surface area (Å²) in [6.07, 6.45) is 1.84. The van der Waals surface area contributed by atoms with Gasteiger partial charge in [-0.15, -0.1) is 0 Å². The van der Waals surface area contributed by atoms with Crippen LogP contribution in [0.1, 0.15) is 12.8 Å². The largest absolute Gasteiger partial charge is 0.358 e. The summed E-state index contributed by atoms with van der Waals surface area (Å²) in [6, 6.07) is 4.99. The van der Waals surface area contributed by atoms with E-state index in [4.69, 9.17) is 0 Å². The number of nitrogens with zero attached hydrogens (tertiary/aromatic N) is 3. The Morgan fingerprint density at radius 1 is 1.12 bits per heavy atom. The van der Waals surface area contributed by atoms with Crippen molar-refractivity contribution in [2.45, 2.75) is 23.8 Å². The van der Waals surface area contributed by atoms with E-state index in [1.54, 1.807) is 12.1 Å². The molecule has 24 heavy (non-hydrogen) atoms. The second-order valence-corrected chi connectivity index (χ2v) is 8.66. The van der Waals surface area contributed by atoms with Crippen molar-refractivity contribution in [1.29, 1.82) is 0 Å². The standard InChI is InChI=1S/C16H22N4O3S/c1-18-7-9-19(10-8-18)24(22,23)12-4-5-14-13(11-12)17-16(21)15-3-2-6-20(14)15/h4-5,11,15H,2-3,6-10H2,1H3,(H,17,21)/t15-/m0/s1. The number of hydrogen-bond donors (Lipinski definition) is 1. The van der Waals surface area contributed by atoms with E-state index < -0.39 is 10.0 Å². The molecule has 0 spiro atoms. The van der Waals surface area contributed by atoms with Crippen LogP contribution in [0.4, 0.5) is 11.4 Å². The van der Waals surface area contributed by atoms with Gasteiger partial charge in [-0.25, -0.2) is 8.42 Å². The average Bonchev–Trinajstić information content (AvgIpc) is 3.05. The summed E-state index contributed by atoms with van der Waals surface area (Å²) in [5, 5.41) is 2.88. The predicted octanol–water partition coefficient (Wildman–Crippen LogP) is 0.544. The summed E-state index contributed by atoms with van der Waals surface area (Å²) in [5.74, 6) is -0.0332. The molecule has 0 radical (unpaired) electrons. The van der Waals surface area contributed by atoms with Crippen molar-refractivity contribution in [1.82, 2.24) is 9.21 Å². The Bertz CT molecular complexity index is 772. The highest BCUT2D eigenvalue weighted by Gasteiger charge is 2.37. The molecule has 3 heterocycles. The predicted molar refractivity (Wildman–Crippen MR) is 91.7 cm³/mol. The molecule has 0 aromatic heterocycles. The molecular formula is C16H22N4O3S. The Labute approximate surface area is 142 Å². The van der Waals surface area contributed by atoms with Crippen LogP contribution in [0.25, 0.3) is 0 Å². The minimum absolute atomic E-state index is 0.0332. The number of amides is 1. The van der Waals surface area contributed by atoms with E-state index in [0.29, 0.717) is 18.8 Å². The molecule has 0 saturated carbocycles. The minimum atomic E-state index is -3.52. The second kappa shape index (κ2) is 5.72. The van der Waals surface area contributed by atoms with Gasteiger partial charge in [0.05, 0.1) is 16.3 Å². The quantitative estimate of drug-likeness (QED) is 0.843. The lowest BCUT2D eigenvalue weighted by molar-refractivity contribution is -0.117. The maximum Gasteiger partial charge on any atom is 0.247 e. The SMILES string of the molecule is CN1CCN(S(=O)(=O)c2ccc3c(c2)NC(=O)[C@@H]2CCCN32)CC1. The van der Waals surface area contributed by atoms with Gasteiger partial charge in [0.2, 0.25) is 15.9 Å². The molecule has 1 atom stereocenters. The van der Waals surface area contributed by atoms with Gasteiger partial charge >= 0.3 is 0 Å². The fourth-order valence-electron chi connectivity index (χ4n) is 3.75. The average molecular weight is 350 g/mol. The molecule has 0 bridgehead atoms. The number of hydrogen-bond acceptors (Lipinski definition) is 5. The van der Waals surface area contributed by atoms with Gasteiger partial charge in [0.25, 0.3) is 0 Å². The topological polar surface area (TPSA) is 73.0 Å². The van der Waals surface area contributed by atoms with Gasteiger partial charge in [-0.1, -0.05) is 0 Å². The van der Waals surface area contributed by atoms with E-state index in [9.17, 15) is 13.2 Å². The molecule has 1 aromatic carbocycles. The molecule has 3 aliphatic rings. The zero-order valence-corrected chi connectivity index (χ0v) is 14.6. The highest BCUT2D eigenvalue weighted by atomic mass is 32.2. The van der Waals surface area contributed by atoms with E-state index in [2.05, 4.69) is 15.1 Å². The number of rotatable bonds is 2. The number of fused-ring (bicyclic) bond motifs is 3. The molecule has 2 fully saturated rings. The Kier molecular flexibility index (Phi) is 3.78. The Balaban J connectivity index is 1.66. The van der Waals surface area contributed by atoms with Crippen LogP contribution in [0.15, 0.2) is 23.1 Å². The zero-order valence-electron chi connectivity index (χ0n) is 13.7. The van der Waals surface area contributed by atoms with Gasteiger partial charge in [0.15, 0.2) is 0 Å². The second-order valence-electron chi connectivity index (χ2n) is 6.73. The molecule has 8 heteroatoms. The number of likely N-dealkylation sites (N-methyl/N-ethyl adjacent to an activating group) is 1. The van der Waals surface area contributed by atoms with Crippen molar-refractivity contribution in [3.63, 3.8) is 0 Å². The van der Waals surface area contributed by atoms with Crippen LogP contribution in [0.5, 0.6) is 0 Å². The van der Waals surface area contributed by atoms with Crippen LogP contribution in [0, 0.1) is 0 Å². The summed E-state index contributed by atoms with van der Waals surface area (Å²) in [6.45, 7) is 3.30. The van der Waals surface area contributed by atoms with Crippen LogP contribution in [-0.2, 0) is 14.8 Å². The van der Waals surface area contributed by atoms with Gasteiger partial charge in [-0.05, 0) is 38.1 Å². The van der Waals surface area contributed by atoms with E-state index in [1.165, 1.54) is 4.31 Å². The Hall–Kier alpha value is -1.64. The van der Waals surface area contributed by atoms with E-state index >= 15 is 0 Å². The summed E-state index contributed by atoms with van der Waals surface area (Å²) in [4.78, 5) is 16.7. The molecule has 1 amide bonds. The highest BCUT2D eigenvalue weighted by Crippen LogP contribution is 2.38. The fourth-order valence-corrected chi connectivity index (χ4v) is 5.20. The van der Waals surface area contributed by atoms with E-state index in [0.717, 1.165) is 38.2 Å². The van der Waals surface area contributed by atoms with Crippen molar-refractivity contribution in [3.05, 3.63) is 18.2 Å². The molecule has 1 aromatic rings. The first-order valence-corrected chi connectivity index (χ1v) is 9.81. The molecular weight excluding hydrogens is 328 g/mol. The monoisotopic (exact) mass is 350 g/mol. The molecule has 130 valence electrons. The van der Waals surface area contributed by atoms with E-state index in [1.807, 2.05) is 13.1 Å². The van der Waals surface area contributed by atoms with Crippen molar-refractivity contribution >= 4 is 27.3 Å².